The number of nitrogens with two attached hydrogens (primary N) is 1. The largest absolute Gasteiger partial charge is 0.378 e. The van der Waals surface area contributed by atoms with Crippen molar-refractivity contribution in [1.29, 1.82) is 0 Å². The van der Waals surface area contributed by atoms with Crippen LogP contribution in [0, 0.1) is 0 Å². The zero-order valence-corrected chi connectivity index (χ0v) is 6.32. The molecule has 2 rings (SSSR count). The molecule has 54 valence electrons. The summed E-state index contributed by atoms with van der Waals surface area (Å²) in [6, 6.07) is 0.334. The van der Waals surface area contributed by atoms with Gasteiger partial charge in [-0.3, -0.25) is 4.99 Å². The quantitative estimate of drug-likeness (QED) is 0.514. The second-order valence-electron chi connectivity index (χ2n) is 2.42. The van der Waals surface area contributed by atoms with E-state index in [1.807, 2.05) is 0 Å². The topological polar surface area (TPSA) is 50.4 Å². The second-order valence-corrected chi connectivity index (χ2v) is 3.31. The van der Waals surface area contributed by atoms with E-state index in [-0.39, 0.29) is 0 Å². The minimum absolute atomic E-state index is 0.334. The van der Waals surface area contributed by atoms with Crippen LogP contribution in [0.2, 0.25) is 0 Å². The predicted octanol–water partition coefficient (Wildman–Crippen LogP) is -0.0964. The molecule has 0 aliphatic carbocycles. The summed E-state index contributed by atoms with van der Waals surface area (Å²) in [6.45, 7) is 1.93. The Morgan fingerprint density at radius 3 is 3.60 bits per heavy atom. The monoisotopic (exact) mass is 155 g/mol. The van der Waals surface area contributed by atoms with Gasteiger partial charge < -0.3 is 11.1 Å². The average molecular weight is 155 g/mol. The Kier molecular flexibility index (Phi) is 1.43. The van der Waals surface area contributed by atoms with E-state index in [4.69, 9.17) is 5.73 Å². The fourth-order valence-electron chi connectivity index (χ4n) is 1.17. The van der Waals surface area contributed by atoms with Crippen molar-refractivity contribution < 1.29 is 0 Å². The number of nitrogens with zero attached hydrogens (tertiary/aromatic N) is 1. The van der Waals surface area contributed by atoms with E-state index in [0.29, 0.717) is 11.2 Å². The van der Waals surface area contributed by atoms with Crippen LogP contribution in [-0.2, 0) is 0 Å². The molecule has 2 aliphatic heterocycles. The van der Waals surface area contributed by atoms with E-state index in [9.17, 15) is 0 Å². The number of hydrogen-bond acceptors (Lipinski definition) is 4. The van der Waals surface area contributed by atoms with Crippen LogP contribution in [0.3, 0.4) is 0 Å². The van der Waals surface area contributed by atoms with Gasteiger partial charge in [-0.2, -0.15) is 0 Å². The van der Waals surface area contributed by atoms with Crippen molar-refractivity contribution in [1.82, 2.24) is 5.32 Å². The van der Waals surface area contributed by atoms with Crippen LogP contribution in [0.15, 0.2) is 16.0 Å². The van der Waals surface area contributed by atoms with Gasteiger partial charge in [0.2, 0.25) is 0 Å². The van der Waals surface area contributed by atoms with Gasteiger partial charge in [0.15, 0.2) is 5.17 Å². The zero-order chi connectivity index (χ0) is 6.97. The number of rotatable bonds is 0. The maximum Gasteiger partial charge on any atom is 0.158 e. The van der Waals surface area contributed by atoms with Crippen LogP contribution >= 0.6 is 11.8 Å². The third-order valence-electron chi connectivity index (χ3n) is 1.71. The molecule has 0 spiro atoms. The SMILES string of the molecule is NC1=NC2CNCC2=CS1. The smallest absolute Gasteiger partial charge is 0.158 e. The molecule has 2 aliphatic rings. The number of hydrogen-bond donors (Lipinski definition) is 2. The van der Waals surface area contributed by atoms with Crippen molar-refractivity contribution in [3.8, 4) is 0 Å². The number of amidine groups is 1. The molecular formula is C6H9N3S. The standard InChI is InChI=1S/C6H9N3S/c7-6-9-5-2-8-1-4(5)3-10-6/h3,5,8H,1-2H2,(H2,7,9). The van der Waals surface area contributed by atoms with Crippen LogP contribution in [-0.4, -0.2) is 24.3 Å². The minimum Gasteiger partial charge on any atom is -0.378 e. The van der Waals surface area contributed by atoms with Gasteiger partial charge in [0, 0.05) is 13.1 Å². The van der Waals surface area contributed by atoms with Gasteiger partial charge in [-0.15, -0.1) is 0 Å². The number of fused-ring (bicyclic) bond motifs is 1. The van der Waals surface area contributed by atoms with E-state index >= 15 is 0 Å². The molecule has 1 saturated heterocycles. The maximum atomic E-state index is 5.53. The molecule has 0 saturated carbocycles. The first-order valence-corrected chi connectivity index (χ1v) is 4.14. The number of nitrogens with one attached hydrogen (secondary N) is 1. The molecule has 0 bridgehead atoms. The molecule has 1 atom stereocenters. The summed E-state index contributed by atoms with van der Waals surface area (Å²) in [5, 5.41) is 6.04. The Hall–Kier alpha value is -0.480. The molecule has 1 fully saturated rings. The summed E-state index contributed by atoms with van der Waals surface area (Å²) in [7, 11) is 0. The minimum atomic E-state index is 0.334. The Bertz CT molecular complexity index is 209. The number of aliphatic imine (C=N–C) groups is 1. The Balaban J connectivity index is 2.22. The molecule has 0 aromatic rings. The van der Waals surface area contributed by atoms with Gasteiger partial charge in [-0.05, 0) is 11.0 Å². The highest BCUT2D eigenvalue weighted by atomic mass is 32.2. The zero-order valence-electron chi connectivity index (χ0n) is 5.50. The molecule has 0 aromatic heterocycles. The van der Waals surface area contributed by atoms with Gasteiger partial charge in [0.05, 0.1) is 6.04 Å². The molecule has 0 amide bonds. The Morgan fingerprint density at radius 1 is 1.80 bits per heavy atom. The van der Waals surface area contributed by atoms with Crippen molar-refractivity contribution in [2.24, 2.45) is 10.7 Å². The van der Waals surface area contributed by atoms with E-state index < -0.39 is 0 Å². The lowest BCUT2D eigenvalue weighted by Crippen LogP contribution is -2.18. The molecule has 3 N–H and O–H groups in total. The molecule has 3 nitrogen and oxygen atoms in total. The predicted molar refractivity (Wildman–Crippen MR) is 44.0 cm³/mol. The summed E-state index contributed by atoms with van der Waals surface area (Å²) < 4.78 is 0. The summed E-state index contributed by atoms with van der Waals surface area (Å²) in [5.74, 6) is 0. The fourth-order valence-corrected chi connectivity index (χ4v) is 1.87. The first-order chi connectivity index (χ1) is 4.86. The second kappa shape index (κ2) is 2.29. The summed E-state index contributed by atoms with van der Waals surface area (Å²) >= 11 is 1.52. The highest BCUT2D eigenvalue weighted by Crippen LogP contribution is 2.21. The highest BCUT2D eigenvalue weighted by Gasteiger charge is 2.22. The van der Waals surface area contributed by atoms with Crippen molar-refractivity contribution in [3.05, 3.63) is 11.0 Å². The summed E-state index contributed by atoms with van der Waals surface area (Å²) in [5.41, 5.74) is 6.91. The molecule has 4 heteroatoms. The van der Waals surface area contributed by atoms with Gasteiger partial charge in [-0.1, -0.05) is 11.8 Å². The van der Waals surface area contributed by atoms with Gasteiger partial charge in [0.1, 0.15) is 0 Å². The van der Waals surface area contributed by atoms with Crippen LogP contribution in [0.5, 0.6) is 0 Å². The third-order valence-corrected chi connectivity index (χ3v) is 2.48. The van der Waals surface area contributed by atoms with E-state index in [2.05, 4.69) is 15.7 Å². The van der Waals surface area contributed by atoms with Crippen LogP contribution in [0.4, 0.5) is 0 Å². The van der Waals surface area contributed by atoms with Gasteiger partial charge in [-0.25, -0.2) is 0 Å². The van der Waals surface area contributed by atoms with Crippen molar-refractivity contribution in [2.45, 2.75) is 6.04 Å². The van der Waals surface area contributed by atoms with Crippen LogP contribution < -0.4 is 11.1 Å². The molecule has 10 heavy (non-hydrogen) atoms. The Morgan fingerprint density at radius 2 is 2.70 bits per heavy atom. The van der Waals surface area contributed by atoms with Crippen LogP contribution in [0.25, 0.3) is 0 Å². The Labute approximate surface area is 63.8 Å². The molecule has 2 heterocycles. The first kappa shape index (κ1) is 6.24. The molecular weight excluding hydrogens is 146 g/mol. The van der Waals surface area contributed by atoms with Crippen molar-refractivity contribution >= 4 is 16.9 Å². The van der Waals surface area contributed by atoms with Gasteiger partial charge in [0.25, 0.3) is 0 Å². The molecule has 1 unspecified atom stereocenters. The van der Waals surface area contributed by atoms with Crippen molar-refractivity contribution in [3.63, 3.8) is 0 Å². The normalized spacial score (nSPS) is 31.0. The number of thioether (sulfide) groups is 1. The third kappa shape index (κ3) is 0.932. The molecule has 0 aromatic carbocycles. The lowest BCUT2D eigenvalue weighted by atomic mass is 10.2. The van der Waals surface area contributed by atoms with E-state index in [1.54, 1.807) is 0 Å². The maximum absolute atomic E-state index is 5.53. The summed E-state index contributed by atoms with van der Waals surface area (Å²) in [4.78, 5) is 4.27. The van der Waals surface area contributed by atoms with E-state index in [0.717, 1.165) is 13.1 Å². The lowest BCUT2D eigenvalue weighted by molar-refractivity contribution is 0.786. The van der Waals surface area contributed by atoms with E-state index in [1.165, 1.54) is 17.3 Å². The first-order valence-electron chi connectivity index (χ1n) is 3.26. The van der Waals surface area contributed by atoms with Gasteiger partial charge >= 0.3 is 0 Å². The van der Waals surface area contributed by atoms with Crippen molar-refractivity contribution in [2.75, 3.05) is 13.1 Å². The van der Waals surface area contributed by atoms with Crippen LogP contribution in [0.1, 0.15) is 0 Å². The fraction of sp³-hybridized carbons (Fsp3) is 0.500. The molecule has 0 radical (unpaired) electrons. The summed E-state index contributed by atoms with van der Waals surface area (Å²) in [6.07, 6.45) is 0. The highest BCUT2D eigenvalue weighted by molar-refractivity contribution is 8.16. The average Bonchev–Trinajstić information content (AvgIpc) is 2.33. The lowest BCUT2D eigenvalue weighted by Gasteiger charge is -2.10.